The number of anilines is 1. The fourth-order valence-electron chi connectivity index (χ4n) is 14.1. The van der Waals surface area contributed by atoms with Gasteiger partial charge in [0.2, 0.25) is 5.60 Å². The molecule has 1 spiro atoms. The maximum atomic E-state index is 15.8. The second kappa shape index (κ2) is 17.2. The van der Waals surface area contributed by atoms with Crippen molar-refractivity contribution in [2.75, 3.05) is 59.5 Å². The van der Waals surface area contributed by atoms with Gasteiger partial charge in [0.15, 0.2) is 6.10 Å². The first-order valence-electron chi connectivity index (χ1n) is 23.9. The number of aromatic nitrogens is 1. The first kappa shape index (κ1) is 45.8. The fourth-order valence-corrected chi connectivity index (χ4v) is 14.1. The minimum atomic E-state index is -2.34. The van der Waals surface area contributed by atoms with Crippen LogP contribution in [0, 0.1) is 5.41 Å². The maximum absolute atomic E-state index is 15.8. The second-order valence-corrected chi connectivity index (χ2v) is 19.6. The highest BCUT2D eigenvalue weighted by Crippen LogP contribution is 2.68. The van der Waals surface area contributed by atoms with Crippen LogP contribution in [-0.2, 0) is 59.0 Å². The molecule has 5 aromatic rings. The largest absolute Gasteiger partial charge is 0.496 e. The molecule has 0 amide bonds. The number of likely N-dealkylation sites (N-methyl/N-ethyl adjacent to an activating group) is 1. The predicted octanol–water partition coefficient (Wildman–Crippen LogP) is 6.31. The second-order valence-electron chi connectivity index (χ2n) is 19.6. The summed E-state index contributed by atoms with van der Waals surface area (Å²) >= 11 is 0. The highest BCUT2D eigenvalue weighted by atomic mass is 16.6. The van der Waals surface area contributed by atoms with E-state index in [2.05, 4.69) is 69.4 Å². The number of nitrogens with one attached hydrogen (secondary N) is 1. The number of H-pyrrole nitrogens is 1. The fraction of sp³-hybridized carbons (Fsp3) is 0.436. The van der Waals surface area contributed by atoms with Crippen molar-refractivity contribution in [1.29, 1.82) is 0 Å². The molecule has 1 aromatic heterocycles. The number of benzene rings is 4. The van der Waals surface area contributed by atoms with Gasteiger partial charge in [-0.25, -0.2) is 4.79 Å². The minimum absolute atomic E-state index is 0.185. The van der Waals surface area contributed by atoms with Crippen LogP contribution in [0.3, 0.4) is 0 Å². The number of aromatic amines is 1. The molecule has 3 N–H and O–H groups in total. The maximum Gasteiger partial charge on any atom is 0.344 e. The van der Waals surface area contributed by atoms with E-state index in [4.69, 9.17) is 18.9 Å². The highest BCUT2D eigenvalue weighted by molar-refractivity contribution is 5.95. The number of ether oxygens (including phenoxy) is 4. The Labute approximate surface area is 397 Å². The normalized spacial score (nSPS) is 29.7. The van der Waals surface area contributed by atoms with Crippen molar-refractivity contribution in [2.45, 2.75) is 93.2 Å². The number of hydrogen-bond acceptors (Lipinski definition) is 12. The number of rotatable bonds is 10. The van der Waals surface area contributed by atoms with Gasteiger partial charge in [-0.05, 0) is 78.1 Å². The molecule has 10 rings (SSSR count). The van der Waals surface area contributed by atoms with Crippen molar-refractivity contribution in [3.05, 3.63) is 142 Å². The molecule has 1 saturated carbocycles. The summed E-state index contributed by atoms with van der Waals surface area (Å²) in [5.74, 6) is -1.88. The first-order valence-corrected chi connectivity index (χ1v) is 23.9. The van der Waals surface area contributed by atoms with E-state index in [0.717, 1.165) is 38.8 Å². The van der Waals surface area contributed by atoms with Crippen LogP contribution in [0.15, 0.2) is 103 Å². The molecule has 1 aliphatic carbocycles. The van der Waals surface area contributed by atoms with Crippen LogP contribution in [0.2, 0.25) is 0 Å². The number of aliphatic hydroxyl groups excluding tert-OH is 1. The Morgan fingerprint density at radius 1 is 0.882 bits per heavy atom. The van der Waals surface area contributed by atoms with Crippen LogP contribution in [0.25, 0.3) is 10.9 Å². The monoisotopic (exact) mass is 922 g/mol. The zero-order valence-electron chi connectivity index (χ0n) is 39.8. The highest BCUT2D eigenvalue weighted by Gasteiger charge is 2.80. The summed E-state index contributed by atoms with van der Waals surface area (Å²) in [6.07, 6.45) is 4.63. The summed E-state index contributed by atoms with van der Waals surface area (Å²) in [4.78, 5) is 54.2. The summed E-state index contributed by atoms with van der Waals surface area (Å²) in [6, 6.07) is 29.2. The number of aliphatic hydroxyl groups is 2. The van der Waals surface area contributed by atoms with Crippen molar-refractivity contribution in [3.63, 3.8) is 0 Å². The zero-order chi connectivity index (χ0) is 47.8. The molecule has 356 valence electrons. The molecule has 5 aliphatic rings. The summed E-state index contributed by atoms with van der Waals surface area (Å²) in [5.41, 5.74) is 1.74. The topological polar surface area (TPSA) is 154 Å². The third-order valence-corrected chi connectivity index (χ3v) is 16.6. The van der Waals surface area contributed by atoms with Gasteiger partial charge in [-0.3, -0.25) is 19.4 Å². The van der Waals surface area contributed by atoms with Crippen molar-refractivity contribution in [3.8, 4) is 5.75 Å². The Bertz CT molecular complexity index is 2810. The molecule has 4 aliphatic heterocycles. The van der Waals surface area contributed by atoms with E-state index in [1.165, 1.54) is 26.7 Å². The van der Waals surface area contributed by atoms with Crippen LogP contribution >= 0.6 is 0 Å². The minimum Gasteiger partial charge on any atom is -0.496 e. The molecule has 0 radical (unpaired) electrons. The summed E-state index contributed by atoms with van der Waals surface area (Å²) in [7, 11) is 6.16. The van der Waals surface area contributed by atoms with Crippen LogP contribution < -0.4 is 9.64 Å². The number of carbonyl (C=O) groups is 3. The van der Waals surface area contributed by atoms with Gasteiger partial charge in [-0.2, -0.15) is 0 Å². The van der Waals surface area contributed by atoms with Crippen molar-refractivity contribution in [1.82, 2.24) is 14.8 Å². The Morgan fingerprint density at radius 3 is 2.34 bits per heavy atom. The summed E-state index contributed by atoms with van der Waals surface area (Å²) in [5, 5.41) is 25.5. The van der Waals surface area contributed by atoms with E-state index >= 15 is 4.79 Å². The lowest BCUT2D eigenvalue weighted by Crippen LogP contribution is -2.81. The Hall–Kier alpha value is -5.99. The molecule has 4 aromatic carbocycles. The lowest BCUT2D eigenvalue weighted by Gasteiger charge is -2.63. The van der Waals surface area contributed by atoms with E-state index in [-0.39, 0.29) is 25.0 Å². The van der Waals surface area contributed by atoms with Crippen LogP contribution in [0.5, 0.6) is 5.75 Å². The lowest BCUT2D eigenvalue weighted by molar-refractivity contribution is -0.228. The van der Waals surface area contributed by atoms with Gasteiger partial charge in [0, 0.05) is 90.9 Å². The molecule has 13 nitrogen and oxygen atoms in total. The number of fused-ring (bicyclic) bond motifs is 4. The first-order chi connectivity index (χ1) is 32.9. The summed E-state index contributed by atoms with van der Waals surface area (Å²) in [6.45, 7) is 6.30. The number of carbonyl (C=O) groups excluding carboxylic acids is 3. The van der Waals surface area contributed by atoms with Gasteiger partial charge in [0.25, 0.3) is 0 Å². The molecule has 1 saturated heterocycles. The van der Waals surface area contributed by atoms with Gasteiger partial charge in [-0.15, -0.1) is 0 Å². The third kappa shape index (κ3) is 6.45. The van der Waals surface area contributed by atoms with Gasteiger partial charge < -0.3 is 39.0 Å². The quantitative estimate of drug-likeness (QED) is 0.0818. The molecular formula is C55H62N4O9. The molecule has 2 fully saturated rings. The third-order valence-electron chi connectivity index (χ3n) is 16.6. The molecule has 0 unspecified atom stereocenters. The van der Waals surface area contributed by atoms with E-state index in [0.29, 0.717) is 69.0 Å². The smallest absolute Gasteiger partial charge is 0.344 e. The number of para-hydroxylation sites is 1. The molecular weight excluding hydrogens is 861 g/mol. The van der Waals surface area contributed by atoms with Crippen LogP contribution in [-0.4, -0.2) is 121 Å². The Morgan fingerprint density at radius 2 is 1.62 bits per heavy atom. The van der Waals surface area contributed by atoms with Gasteiger partial charge in [-0.1, -0.05) is 91.9 Å². The van der Waals surface area contributed by atoms with E-state index < -0.39 is 51.9 Å². The Balaban J connectivity index is 1.28. The van der Waals surface area contributed by atoms with Crippen molar-refractivity contribution < 1.29 is 43.5 Å². The van der Waals surface area contributed by atoms with E-state index in [9.17, 15) is 19.8 Å². The lowest BCUT2D eigenvalue weighted by atomic mass is 9.47. The van der Waals surface area contributed by atoms with Crippen LogP contribution in [0.1, 0.15) is 78.1 Å². The molecule has 5 heterocycles. The number of methoxy groups -OCH3 is 3. The number of esters is 3. The average molecular weight is 923 g/mol. The zero-order valence-corrected chi connectivity index (χ0v) is 39.8. The van der Waals surface area contributed by atoms with Crippen LogP contribution in [0.4, 0.5) is 5.69 Å². The predicted molar refractivity (Wildman–Crippen MR) is 257 cm³/mol. The van der Waals surface area contributed by atoms with Gasteiger partial charge in [0.1, 0.15) is 11.2 Å². The molecule has 13 heteroatoms. The molecule has 8 atom stereocenters. The molecule has 68 heavy (non-hydrogen) atoms. The van der Waals surface area contributed by atoms with E-state index in [1.807, 2.05) is 67.4 Å². The summed E-state index contributed by atoms with van der Waals surface area (Å²) < 4.78 is 24.3. The van der Waals surface area contributed by atoms with Gasteiger partial charge in [0.05, 0.1) is 34.0 Å². The Kier molecular flexibility index (Phi) is 11.6. The SMILES string of the molecule is CC[C@]12C=CCN3CC[C@@]4(c5cc([C@]6(C(=O)OC)C[C@H](c7ccccc7CO)CN(Cc7ccccc7)CCc7c6[nH]c6ccccc76)c(OC)cc5N(C)[C@H]4[C@@](O)(C(=O)OC)[C@@H]1OC(C)=O)[C@@H]32. The number of nitrogens with zero attached hydrogens (tertiary/aromatic N) is 3. The molecule has 0 bridgehead atoms. The van der Waals surface area contributed by atoms with Gasteiger partial charge >= 0.3 is 17.9 Å². The number of hydrogen-bond donors (Lipinski definition) is 3. The van der Waals surface area contributed by atoms with E-state index in [1.54, 1.807) is 7.11 Å². The van der Waals surface area contributed by atoms with Crippen molar-refractivity contribution >= 4 is 34.5 Å². The average Bonchev–Trinajstić information content (AvgIpc) is 4.03. The standard InChI is InChI=1S/C55H62N4O9/c1-7-52-23-15-25-59-27-24-53(47(52)59)41-28-42(45(65-4)29-44(41)57(3)48(53)55(64,51(63)67-6)49(52)68-34(2)61)54(50(62)66-5)30-37(38-19-12-11-18-36(38)33-60)32-58(31-35-16-9-8-10-17-35)26-22-40-39-20-13-14-21-43(39)56-46(40)54/h8-21,23,28-29,37,47-49,56,60,64H,7,22,24-27,30-33H2,1-6H3/t37-,47-,48+,49+,52+,53+,54+,55-/m0/s1. The van der Waals surface area contributed by atoms with Crippen molar-refractivity contribution in [2.24, 2.45) is 5.41 Å².